The average Bonchev–Trinajstić information content (AvgIpc) is 3.19. The van der Waals surface area contributed by atoms with Gasteiger partial charge in [-0.15, -0.1) is 0 Å². The Kier molecular flexibility index (Phi) is 4.82. The minimum Gasteiger partial charge on any atom is -0.374 e. The van der Waals surface area contributed by atoms with Gasteiger partial charge in [-0.1, -0.05) is 0 Å². The molecule has 2 aliphatic rings. The zero-order chi connectivity index (χ0) is 19.0. The molecule has 1 saturated heterocycles. The summed E-state index contributed by atoms with van der Waals surface area (Å²) in [6, 6.07) is 3.47. The molecule has 3 atom stereocenters. The number of hydrogen-bond donors (Lipinski definition) is 0. The molecule has 1 saturated carbocycles. The Labute approximate surface area is 158 Å². The molecular weight excluding hydrogens is 346 g/mol. The highest BCUT2D eigenvalue weighted by atomic mass is 16.5. The minimum absolute atomic E-state index is 0.00973. The van der Waals surface area contributed by atoms with Crippen LogP contribution in [0.4, 0.5) is 0 Å². The van der Waals surface area contributed by atoms with E-state index in [0.29, 0.717) is 37.3 Å². The lowest BCUT2D eigenvalue weighted by atomic mass is 9.81. The number of pyridine rings is 1. The molecule has 2 fully saturated rings. The number of ether oxygens (including phenoxy) is 1. The van der Waals surface area contributed by atoms with Crippen LogP contribution in [0.2, 0.25) is 0 Å². The molecular formula is C19H25N5O3. The number of rotatable bonds is 3. The first kappa shape index (κ1) is 17.9. The fourth-order valence-electron chi connectivity index (χ4n) is 4.17. The van der Waals surface area contributed by atoms with E-state index in [1.54, 1.807) is 27.7 Å². The van der Waals surface area contributed by atoms with Crippen molar-refractivity contribution in [2.75, 3.05) is 26.7 Å². The Morgan fingerprint density at radius 2 is 2.22 bits per heavy atom. The van der Waals surface area contributed by atoms with Crippen LogP contribution in [-0.4, -0.2) is 75.1 Å². The number of amides is 2. The van der Waals surface area contributed by atoms with E-state index in [1.807, 2.05) is 18.9 Å². The van der Waals surface area contributed by atoms with Crippen molar-refractivity contribution in [1.29, 1.82) is 0 Å². The van der Waals surface area contributed by atoms with E-state index in [2.05, 4.69) is 10.1 Å². The number of morpholine rings is 1. The van der Waals surface area contributed by atoms with E-state index in [9.17, 15) is 9.59 Å². The summed E-state index contributed by atoms with van der Waals surface area (Å²) in [5, 5.41) is 4.07. The molecule has 0 bridgehead atoms. The summed E-state index contributed by atoms with van der Waals surface area (Å²) < 4.78 is 7.56. The Morgan fingerprint density at radius 1 is 1.37 bits per heavy atom. The first-order valence-corrected chi connectivity index (χ1v) is 9.55. The lowest BCUT2D eigenvalue weighted by molar-refractivity contribution is -0.140. The molecule has 0 radical (unpaired) electrons. The van der Waals surface area contributed by atoms with E-state index < -0.39 is 0 Å². The van der Waals surface area contributed by atoms with Crippen LogP contribution >= 0.6 is 0 Å². The maximum Gasteiger partial charge on any atom is 0.254 e. The van der Waals surface area contributed by atoms with Crippen LogP contribution < -0.4 is 0 Å². The van der Waals surface area contributed by atoms with Gasteiger partial charge in [-0.25, -0.2) is 9.50 Å². The molecule has 4 rings (SSSR count). The Morgan fingerprint density at radius 3 is 3.04 bits per heavy atom. The van der Waals surface area contributed by atoms with Gasteiger partial charge >= 0.3 is 0 Å². The van der Waals surface area contributed by atoms with Crippen LogP contribution in [0, 0.1) is 5.92 Å². The van der Waals surface area contributed by atoms with Crippen LogP contribution in [0.15, 0.2) is 24.7 Å². The van der Waals surface area contributed by atoms with E-state index in [4.69, 9.17) is 4.74 Å². The third kappa shape index (κ3) is 3.29. The molecule has 2 aromatic heterocycles. The smallest absolute Gasteiger partial charge is 0.254 e. The number of fused-ring (bicyclic) bond motifs is 2. The zero-order valence-electron chi connectivity index (χ0n) is 15.7. The first-order chi connectivity index (χ1) is 13.1. The van der Waals surface area contributed by atoms with E-state index in [0.717, 1.165) is 12.8 Å². The van der Waals surface area contributed by atoms with Crippen molar-refractivity contribution >= 4 is 17.5 Å². The van der Waals surface area contributed by atoms with Crippen molar-refractivity contribution in [3.8, 4) is 0 Å². The molecule has 0 N–H and O–H groups in total. The van der Waals surface area contributed by atoms with Gasteiger partial charge in [0.15, 0.2) is 5.65 Å². The number of aromatic nitrogens is 3. The summed E-state index contributed by atoms with van der Waals surface area (Å²) in [5.41, 5.74) is 1.24. The van der Waals surface area contributed by atoms with Crippen LogP contribution in [0.1, 0.15) is 36.5 Å². The van der Waals surface area contributed by atoms with Crippen molar-refractivity contribution in [3.05, 3.63) is 30.2 Å². The van der Waals surface area contributed by atoms with Crippen molar-refractivity contribution in [1.82, 2.24) is 24.4 Å². The number of carbonyl (C=O) groups excluding carboxylic acids is 2. The van der Waals surface area contributed by atoms with E-state index in [1.165, 1.54) is 6.33 Å². The molecule has 1 aliphatic heterocycles. The fraction of sp³-hybridized carbons (Fsp3) is 0.579. The quantitative estimate of drug-likeness (QED) is 0.810. The third-order valence-corrected chi connectivity index (χ3v) is 5.81. The summed E-state index contributed by atoms with van der Waals surface area (Å²) in [6.07, 6.45) is 5.51. The molecule has 2 aromatic rings. The molecule has 8 heteroatoms. The monoisotopic (exact) mass is 371 g/mol. The Balaban J connectivity index is 1.55. The second-order valence-corrected chi connectivity index (χ2v) is 7.32. The molecule has 0 aromatic carbocycles. The topological polar surface area (TPSA) is 80.0 Å². The third-order valence-electron chi connectivity index (χ3n) is 5.81. The number of carbonyl (C=O) groups is 2. The summed E-state index contributed by atoms with van der Waals surface area (Å²) in [4.78, 5) is 33.6. The summed E-state index contributed by atoms with van der Waals surface area (Å²) in [6.45, 7) is 3.75. The summed E-state index contributed by atoms with van der Waals surface area (Å²) >= 11 is 0. The molecule has 2 amide bonds. The fourth-order valence-corrected chi connectivity index (χ4v) is 4.17. The minimum atomic E-state index is -0.0618. The number of nitrogens with zero attached hydrogens (tertiary/aromatic N) is 5. The predicted octanol–water partition coefficient (Wildman–Crippen LogP) is 1.22. The SMILES string of the molecule is CCN(C)C(=O)[C@H]1CC[C@H]2OCCN(C(=O)c3ccn4ncnc4c3)[C@@H]2C1. The van der Waals surface area contributed by atoms with Gasteiger partial charge in [-0.3, -0.25) is 9.59 Å². The van der Waals surface area contributed by atoms with Crippen LogP contribution in [-0.2, 0) is 9.53 Å². The molecule has 1 aliphatic carbocycles. The Hall–Kier alpha value is -2.48. The van der Waals surface area contributed by atoms with Gasteiger partial charge in [0.25, 0.3) is 5.91 Å². The second kappa shape index (κ2) is 7.26. The van der Waals surface area contributed by atoms with Gasteiger partial charge in [-0.2, -0.15) is 5.10 Å². The van der Waals surface area contributed by atoms with Gasteiger partial charge in [0.05, 0.1) is 18.8 Å². The largest absolute Gasteiger partial charge is 0.374 e. The van der Waals surface area contributed by atoms with Crippen molar-refractivity contribution < 1.29 is 14.3 Å². The van der Waals surface area contributed by atoms with Gasteiger partial charge < -0.3 is 14.5 Å². The van der Waals surface area contributed by atoms with Gasteiger partial charge in [-0.05, 0) is 38.3 Å². The second-order valence-electron chi connectivity index (χ2n) is 7.32. The van der Waals surface area contributed by atoms with Crippen molar-refractivity contribution in [2.45, 2.75) is 38.3 Å². The van der Waals surface area contributed by atoms with Crippen LogP contribution in [0.25, 0.3) is 5.65 Å². The Bertz CT molecular complexity index is 851. The van der Waals surface area contributed by atoms with Gasteiger partial charge in [0.1, 0.15) is 6.33 Å². The summed E-state index contributed by atoms with van der Waals surface area (Å²) in [7, 11) is 1.84. The van der Waals surface area contributed by atoms with Crippen molar-refractivity contribution in [2.24, 2.45) is 5.92 Å². The number of hydrogen-bond acceptors (Lipinski definition) is 5. The summed E-state index contributed by atoms with van der Waals surface area (Å²) in [5.74, 6) is 0.0849. The lowest BCUT2D eigenvalue weighted by Gasteiger charge is -2.46. The molecule has 3 heterocycles. The van der Waals surface area contributed by atoms with Crippen LogP contribution in [0.5, 0.6) is 0 Å². The zero-order valence-corrected chi connectivity index (χ0v) is 15.7. The first-order valence-electron chi connectivity index (χ1n) is 9.55. The van der Waals surface area contributed by atoms with Gasteiger partial charge in [0, 0.05) is 37.8 Å². The highest BCUT2D eigenvalue weighted by Crippen LogP contribution is 2.34. The maximum absolute atomic E-state index is 13.2. The molecule has 144 valence electrons. The van der Waals surface area contributed by atoms with Gasteiger partial charge in [0.2, 0.25) is 5.91 Å². The van der Waals surface area contributed by atoms with E-state index >= 15 is 0 Å². The highest BCUT2D eigenvalue weighted by Gasteiger charge is 2.42. The molecule has 0 spiro atoms. The molecule has 8 nitrogen and oxygen atoms in total. The predicted molar refractivity (Wildman–Crippen MR) is 98.2 cm³/mol. The van der Waals surface area contributed by atoms with Crippen LogP contribution in [0.3, 0.4) is 0 Å². The standard InChI is InChI=1S/C19H25N5O3/c1-3-22(2)18(25)13-4-5-16-15(10-13)23(8-9-27-16)19(26)14-6-7-24-17(11-14)20-12-21-24/h6-7,11-13,15-16H,3-5,8-10H2,1-2H3/t13-,15+,16+/m0/s1. The molecule has 0 unspecified atom stereocenters. The molecule has 27 heavy (non-hydrogen) atoms. The maximum atomic E-state index is 13.2. The average molecular weight is 371 g/mol. The lowest BCUT2D eigenvalue weighted by Crippen LogP contribution is -2.57. The highest BCUT2D eigenvalue weighted by molar-refractivity contribution is 5.95. The normalized spacial score (nSPS) is 25.3. The van der Waals surface area contributed by atoms with E-state index in [-0.39, 0.29) is 29.9 Å². The van der Waals surface area contributed by atoms with Crippen molar-refractivity contribution in [3.63, 3.8) is 0 Å².